The molecule has 0 saturated heterocycles. The second-order valence-corrected chi connectivity index (χ2v) is 11.6. The number of fused-ring (bicyclic) bond motifs is 3. The first-order valence-corrected chi connectivity index (χ1v) is 14.2. The molecule has 1 aliphatic carbocycles. The van der Waals surface area contributed by atoms with Gasteiger partial charge in [0.25, 0.3) is 0 Å². The fourth-order valence-electron chi connectivity index (χ4n) is 4.70. The Morgan fingerprint density at radius 3 is 2.42 bits per heavy atom. The van der Waals surface area contributed by atoms with E-state index in [-0.39, 0.29) is 27.7 Å². The minimum Gasteiger partial charge on any atom is -0.424 e. The van der Waals surface area contributed by atoms with Crippen LogP contribution >= 0.6 is 11.6 Å². The Morgan fingerprint density at radius 2 is 1.71 bits per heavy atom. The van der Waals surface area contributed by atoms with Crippen molar-refractivity contribution in [3.63, 3.8) is 0 Å². The van der Waals surface area contributed by atoms with Crippen molar-refractivity contribution in [1.82, 2.24) is 4.72 Å². The molecule has 5 rings (SSSR count). The summed E-state index contributed by atoms with van der Waals surface area (Å²) in [5.74, 6) is -0.859. The van der Waals surface area contributed by atoms with E-state index in [9.17, 15) is 18.0 Å². The van der Waals surface area contributed by atoms with Crippen LogP contribution in [-0.4, -0.2) is 20.4 Å². The van der Waals surface area contributed by atoms with Crippen molar-refractivity contribution in [1.29, 1.82) is 0 Å². The van der Waals surface area contributed by atoms with Crippen molar-refractivity contribution in [2.24, 2.45) is 0 Å². The third-order valence-electron chi connectivity index (χ3n) is 6.68. The van der Waals surface area contributed by atoms with Crippen LogP contribution in [0.15, 0.2) is 80.8 Å². The highest BCUT2D eigenvalue weighted by Gasteiger charge is 2.29. The number of hydrogen-bond acceptors (Lipinski definition) is 6. The van der Waals surface area contributed by atoms with E-state index < -0.39 is 27.7 Å². The van der Waals surface area contributed by atoms with Crippen molar-refractivity contribution in [2.75, 3.05) is 0 Å². The van der Waals surface area contributed by atoms with Crippen molar-refractivity contribution < 1.29 is 22.4 Å². The highest BCUT2D eigenvalue weighted by atomic mass is 35.5. The Morgan fingerprint density at radius 1 is 1.03 bits per heavy atom. The van der Waals surface area contributed by atoms with E-state index in [0.29, 0.717) is 17.4 Å². The lowest BCUT2D eigenvalue weighted by atomic mass is 9.90. The zero-order valence-electron chi connectivity index (χ0n) is 20.7. The third kappa shape index (κ3) is 5.53. The zero-order chi connectivity index (χ0) is 26.9. The number of rotatable bonds is 7. The lowest BCUT2D eigenvalue weighted by Gasteiger charge is -2.19. The highest BCUT2D eigenvalue weighted by Crippen LogP contribution is 2.34. The van der Waals surface area contributed by atoms with Gasteiger partial charge in [0, 0.05) is 17.0 Å². The van der Waals surface area contributed by atoms with Crippen molar-refractivity contribution in [3.05, 3.63) is 104 Å². The predicted molar refractivity (Wildman–Crippen MR) is 145 cm³/mol. The molecule has 1 N–H and O–H groups in total. The molecule has 1 aromatic heterocycles. The molecular weight excluding hydrogens is 526 g/mol. The summed E-state index contributed by atoms with van der Waals surface area (Å²) < 4.78 is 39.9. The van der Waals surface area contributed by atoms with Gasteiger partial charge in [-0.05, 0) is 68.4 Å². The lowest BCUT2D eigenvalue weighted by Crippen LogP contribution is -2.44. The van der Waals surface area contributed by atoms with Gasteiger partial charge in [0.15, 0.2) is 5.75 Å². The molecule has 196 valence electrons. The maximum atomic E-state index is 13.4. The maximum Gasteiger partial charge on any atom is 0.339 e. The first kappa shape index (κ1) is 26.2. The zero-order valence-corrected chi connectivity index (χ0v) is 22.3. The van der Waals surface area contributed by atoms with E-state index in [1.807, 2.05) is 13.0 Å². The molecule has 3 aromatic carbocycles. The Bertz CT molecular complexity index is 1660. The summed E-state index contributed by atoms with van der Waals surface area (Å²) >= 11 is 6.50. The summed E-state index contributed by atoms with van der Waals surface area (Å²) in [6, 6.07) is 17.1. The predicted octanol–water partition coefficient (Wildman–Crippen LogP) is 5.13. The second kappa shape index (κ2) is 10.7. The van der Waals surface area contributed by atoms with E-state index in [0.717, 1.165) is 36.0 Å². The smallest absolute Gasteiger partial charge is 0.339 e. The molecule has 0 spiro atoms. The number of benzene rings is 3. The average Bonchev–Trinajstić information content (AvgIpc) is 2.90. The number of sulfonamides is 1. The summed E-state index contributed by atoms with van der Waals surface area (Å²) in [6.07, 6.45) is 3.34. The topological polar surface area (TPSA) is 103 Å². The van der Waals surface area contributed by atoms with Crippen LogP contribution in [0.25, 0.3) is 11.0 Å². The summed E-state index contributed by atoms with van der Waals surface area (Å²) in [4.78, 5) is 25.9. The van der Waals surface area contributed by atoms with E-state index in [1.54, 1.807) is 42.5 Å². The summed E-state index contributed by atoms with van der Waals surface area (Å²) in [5.41, 5.74) is 3.08. The van der Waals surface area contributed by atoms with Crippen LogP contribution in [0.5, 0.6) is 5.75 Å². The average molecular weight is 552 g/mol. The minimum atomic E-state index is -4.04. The fourth-order valence-corrected chi connectivity index (χ4v) is 6.08. The Kier molecular flexibility index (Phi) is 7.38. The van der Waals surface area contributed by atoms with Crippen LogP contribution in [0, 0.1) is 6.92 Å². The molecule has 0 saturated carbocycles. The molecule has 1 heterocycles. The molecule has 1 unspecified atom stereocenters. The van der Waals surface area contributed by atoms with E-state index in [1.165, 1.54) is 18.2 Å². The van der Waals surface area contributed by atoms with E-state index in [4.69, 9.17) is 20.8 Å². The number of ether oxygens (including phenoxy) is 1. The maximum absolute atomic E-state index is 13.4. The van der Waals surface area contributed by atoms with E-state index >= 15 is 0 Å². The molecular formula is C29H26ClNO6S. The van der Waals surface area contributed by atoms with Gasteiger partial charge in [0.2, 0.25) is 10.0 Å². The van der Waals surface area contributed by atoms with Gasteiger partial charge in [-0.15, -0.1) is 0 Å². The largest absolute Gasteiger partial charge is 0.424 e. The van der Waals surface area contributed by atoms with Crippen molar-refractivity contribution in [2.45, 2.75) is 50.0 Å². The van der Waals surface area contributed by atoms with E-state index in [2.05, 4.69) is 4.72 Å². The first-order valence-electron chi connectivity index (χ1n) is 12.3. The van der Waals surface area contributed by atoms with Gasteiger partial charge in [0.1, 0.15) is 11.6 Å². The van der Waals surface area contributed by atoms with Crippen LogP contribution in [0.2, 0.25) is 5.02 Å². The molecule has 0 bridgehead atoms. The third-order valence-corrected chi connectivity index (χ3v) is 8.47. The molecule has 0 radical (unpaired) electrons. The number of aryl methyl sites for hydroxylation is 2. The molecule has 7 nitrogen and oxygen atoms in total. The molecule has 1 aliphatic rings. The number of hydrogen-bond donors (Lipinski definition) is 1. The van der Waals surface area contributed by atoms with Gasteiger partial charge in [0.05, 0.1) is 9.92 Å². The van der Waals surface area contributed by atoms with Crippen molar-refractivity contribution in [3.8, 4) is 5.75 Å². The van der Waals surface area contributed by atoms with Crippen LogP contribution in [0.3, 0.4) is 0 Å². The number of carbonyl (C=O) groups is 1. The number of halogens is 1. The molecule has 9 heteroatoms. The molecule has 1 atom stereocenters. The first-order chi connectivity index (χ1) is 18.2. The molecule has 0 amide bonds. The van der Waals surface area contributed by atoms with Gasteiger partial charge in [-0.3, -0.25) is 0 Å². The summed E-state index contributed by atoms with van der Waals surface area (Å²) in [7, 11) is -4.04. The minimum absolute atomic E-state index is 0.0179. The fraction of sp³-hybridized carbons (Fsp3) is 0.241. The van der Waals surface area contributed by atoms with Gasteiger partial charge in [-0.25, -0.2) is 18.0 Å². The van der Waals surface area contributed by atoms with Crippen LogP contribution in [0.4, 0.5) is 0 Å². The quantitative estimate of drug-likeness (QED) is 0.194. The summed E-state index contributed by atoms with van der Waals surface area (Å²) in [6.45, 7) is 1.85. The van der Waals surface area contributed by atoms with Crippen LogP contribution in [0.1, 0.15) is 35.1 Å². The normalized spacial score (nSPS) is 14.2. The number of nitrogens with one attached hydrogen (secondary N) is 1. The van der Waals surface area contributed by atoms with Gasteiger partial charge >= 0.3 is 11.6 Å². The molecule has 0 aliphatic heterocycles. The van der Waals surface area contributed by atoms with Crippen molar-refractivity contribution >= 4 is 38.6 Å². The van der Waals surface area contributed by atoms with Crippen LogP contribution in [-0.2, 0) is 34.1 Å². The van der Waals surface area contributed by atoms with Crippen LogP contribution < -0.4 is 15.1 Å². The molecule has 0 fully saturated rings. The SMILES string of the molecule is Cc1ccc(S(=O)(=O)NC(Cc2ccccc2)C(=O)Oc2cc3oc(=O)c4c(c3cc2Cl)CCCC4)cc1. The van der Waals surface area contributed by atoms with Gasteiger partial charge in [-0.1, -0.05) is 59.6 Å². The Balaban J connectivity index is 1.47. The lowest BCUT2D eigenvalue weighted by molar-refractivity contribution is -0.136. The van der Waals surface area contributed by atoms with Gasteiger partial charge in [-0.2, -0.15) is 4.72 Å². The monoisotopic (exact) mass is 551 g/mol. The second-order valence-electron chi connectivity index (χ2n) is 9.43. The molecule has 38 heavy (non-hydrogen) atoms. The van der Waals surface area contributed by atoms with Gasteiger partial charge < -0.3 is 9.15 Å². The highest BCUT2D eigenvalue weighted by molar-refractivity contribution is 7.89. The Labute approximate surface area is 225 Å². The standard InChI is InChI=1S/C29H26ClNO6S/c1-18-11-13-20(14-12-18)38(34,35)31-25(15-19-7-3-2-4-8-19)29(33)37-27-17-26-23(16-24(27)30)21-9-5-6-10-22(21)28(32)36-26/h2-4,7-8,11-14,16-17,25,31H,5-6,9-10,15H2,1H3. The number of esters is 1. The molecule has 4 aromatic rings. The number of carbonyl (C=O) groups excluding carboxylic acids is 1. The Hall–Kier alpha value is -3.46. The summed E-state index contributed by atoms with van der Waals surface area (Å²) in [5, 5.41) is 0.873.